The molecule has 2 heteroatoms. The van der Waals surface area contributed by atoms with Crippen LogP contribution in [0.5, 0.6) is 0 Å². The fraction of sp³-hybridized carbons (Fsp3) is 0.211. The molecular weight excluding hydrogens is 260 g/mol. The molecule has 2 nitrogen and oxygen atoms in total. The SMILES string of the molecule is C=C1OC(=O)C(c2ccccc2)(c2ccccc2)C1(C)C. The predicted molar refractivity (Wildman–Crippen MR) is 82.7 cm³/mol. The van der Waals surface area contributed by atoms with Crippen LogP contribution >= 0.6 is 0 Å². The summed E-state index contributed by atoms with van der Waals surface area (Å²) in [5, 5.41) is 0. The van der Waals surface area contributed by atoms with Gasteiger partial charge in [0.2, 0.25) is 0 Å². The van der Waals surface area contributed by atoms with Crippen LogP contribution in [-0.2, 0) is 14.9 Å². The lowest BCUT2D eigenvalue weighted by Gasteiger charge is -2.37. The van der Waals surface area contributed by atoms with Gasteiger partial charge in [0.25, 0.3) is 0 Å². The van der Waals surface area contributed by atoms with Crippen molar-refractivity contribution >= 4 is 5.97 Å². The number of hydrogen-bond acceptors (Lipinski definition) is 2. The van der Waals surface area contributed by atoms with Gasteiger partial charge in [0.15, 0.2) is 0 Å². The first-order chi connectivity index (χ1) is 10.0. The Labute approximate surface area is 125 Å². The molecule has 1 heterocycles. The van der Waals surface area contributed by atoms with E-state index < -0.39 is 10.8 Å². The summed E-state index contributed by atoms with van der Waals surface area (Å²) in [7, 11) is 0. The van der Waals surface area contributed by atoms with Gasteiger partial charge in [0.05, 0.1) is 0 Å². The van der Waals surface area contributed by atoms with Gasteiger partial charge in [-0.1, -0.05) is 81.1 Å². The van der Waals surface area contributed by atoms with Crippen molar-refractivity contribution in [3.8, 4) is 0 Å². The van der Waals surface area contributed by atoms with Crippen LogP contribution in [0.4, 0.5) is 0 Å². The second-order valence-corrected chi connectivity index (χ2v) is 5.92. The topological polar surface area (TPSA) is 26.3 Å². The van der Waals surface area contributed by atoms with Crippen LogP contribution in [-0.4, -0.2) is 5.97 Å². The Hall–Kier alpha value is -2.35. The number of esters is 1. The highest BCUT2D eigenvalue weighted by Crippen LogP contribution is 2.56. The van der Waals surface area contributed by atoms with E-state index in [0.29, 0.717) is 5.76 Å². The summed E-state index contributed by atoms with van der Waals surface area (Å²) >= 11 is 0. The smallest absolute Gasteiger partial charge is 0.327 e. The van der Waals surface area contributed by atoms with Crippen LogP contribution < -0.4 is 0 Å². The molecule has 2 aromatic rings. The van der Waals surface area contributed by atoms with Crippen molar-refractivity contribution in [1.82, 2.24) is 0 Å². The molecule has 21 heavy (non-hydrogen) atoms. The minimum atomic E-state index is -0.855. The molecule has 1 aliphatic heterocycles. The number of carbonyl (C=O) groups excluding carboxylic acids is 1. The van der Waals surface area contributed by atoms with E-state index >= 15 is 0 Å². The molecule has 0 bridgehead atoms. The monoisotopic (exact) mass is 278 g/mol. The first-order valence-corrected chi connectivity index (χ1v) is 7.04. The Morgan fingerprint density at radius 2 is 1.29 bits per heavy atom. The maximum Gasteiger partial charge on any atom is 0.327 e. The first kappa shape index (κ1) is 13.6. The van der Waals surface area contributed by atoms with Crippen LogP contribution in [0.1, 0.15) is 25.0 Å². The molecule has 1 saturated heterocycles. The zero-order valence-electron chi connectivity index (χ0n) is 12.3. The summed E-state index contributed by atoms with van der Waals surface area (Å²) in [6.07, 6.45) is 0. The molecule has 0 radical (unpaired) electrons. The lowest BCUT2D eigenvalue weighted by atomic mass is 9.59. The Kier molecular flexibility index (Phi) is 2.98. The van der Waals surface area contributed by atoms with E-state index in [1.807, 2.05) is 74.5 Å². The van der Waals surface area contributed by atoms with Gasteiger partial charge in [-0.3, -0.25) is 4.79 Å². The predicted octanol–water partition coefficient (Wildman–Crippen LogP) is 4.07. The summed E-state index contributed by atoms with van der Waals surface area (Å²) in [5.41, 5.74) is 0.494. The van der Waals surface area contributed by atoms with Gasteiger partial charge in [0.1, 0.15) is 11.2 Å². The maximum atomic E-state index is 12.8. The molecule has 0 amide bonds. The number of benzene rings is 2. The first-order valence-electron chi connectivity index (χ1n) is 7.04. The molecule has 106 valence electrons. The van der Waals surface area contributed by atoms with Crippen molar-refractivity contribution in [2.75, 3.05) is 0 Å². The number of allylic oxidation sites excluding steroid dienone is 1. The van der Waals surface area contributed by atoms with Gasteiger partial charge in [-0.05, 0) is 11.1 Å². The number of ether oxygens (including phenoxy) is 1. The van der Waals surface area contributed by atoms with Crippen molar-refractivity contribution in [2.45, 2.75) is 19.3 Å². The lowest BCUT2D eigenvalue weighted by molar-refractivity contribution is -0.139. The Morgan fingerprint density at radius 3 is 1.62 bits per heavy atom. The minimum absolute atomic E-state index is 0.255. The average Bonchev–Trinajstić information content (AvgIpc) is 2.67. The zero-order chi connectivity index (χ0) is 15.1. The fourth-order valence-corrected chi connectivity index (χ4v) is 3.28. The third kappa shape index (κ3) is 1.69. The molecule has 1 fully saturated rings. The van der Waals surface area contributed by atoms with Crippen molar-refractivity contribution in [2.24, 2.45) is 5.41 Å². The van der Waals surface area contributed by atoms with E-state index in [4.69, 9.17) is 4.74 Å². The van der Waals surface area contributed by atoms with Crippen LogP contribution in [0, 0.1) is 5.41 Å². The summed E-state index contributed by atoms with van der Waals surface area (Å²) in [5.74, 6) is 0.259. The van der Waals surface area contributed by atoms with Gasteiger partial charge in [-0.2, -0.15) is 0 Å². The molecule has 2 aromatic carbocycles. The number of cyclic esters (lactones) is 1. The number of rotatable bonds is 2. The molecule has 0 N–H and O–H groups in total. The largest absolute Gasteiger partial charge is 0.430 e. The van der Waals surface area contributed by atoms with Crippen molar-refractivity contribution in [3.63, 3.8) is 0 Å². The van der Waals surface area contributed by atoms with Crippen molar-refractivity contribution in [1.29, 1.82) is 0 Å². The summed E-state index contributed by atoms with van der Waals surface area (Å²) in [6.45, 7) is 7.99. The highest BCUT2D eigenvalue weighted by Gasteiger charge is 2.62. The van der Waals surface area contributed by atoms with Gasteiger partial charge in [-0.15, -0.1) is 0 Å². The highest BCUT2D eigenvalue weighted by atomic mass is 16.5. The Morgan fingerprint density at radius 1 is 0.857 bits per heavy atom. The van der Waals surface area contributed by atoms with Gasteiger partial charge >= 0.3 is 5.97 Å². The standard InChI is InChI=1S/C19H18O2/c1-14-18(2,3)19(17(20)21-14,15-10-6-4-7-11-15)16-12-8-5-9-13-16/h4-13H,1H2,2-3H3. The molecule has 0 aliphatic carbocycles. The molecule has 0 spiro atoms. The second-order valence-electron chi connectivity index (χ2n) is 5.92. The van der Waals surface area contributed by atoms with Crippen LogP contribution in [0.15, 0.2) is 73.0 Å². The summed E-state index contributed by atoms with van der Waals surface area (Å²) in [6, 6.07) is 19.6. The lowest BCUT2D eigenvalue weighted by Crippen LogP contribution is -2.44. The average molecular weight is 278 g/mol. The third-order valence-electron chi connectivity index (χ3n) is 4.57. The van der Waals surface area contributed by atoms with Gasteiger partial charge in [0, 0.05) is 5.41 Å². The molecule has 0 aromatic heterocycles. The van der Waals surface area contributed by atoms with E-state index in [-0.39, 0.29) is 5.97 Å². The van der Waals surface area contributed by atoms with Gasteiger partial charge in [-0.25, -0.2) is 0 Å². The number of carbonyl (C=O) groups is 1. The Balaban J connectivity index is 2.37. The van der Waals surface area contributed by atoms with Crippen LogP contribution in [0.25, 0.3) is 0 Å². The van der Waals surface area contributed by atoms with Crippen LogP contribution in [0.2, 0.25) is 0 Å². The summed E-state index contributed by atoms with van der Waals surface area (Å²) < 4.78 is 5.47. The van der Waals surface area contributed by atoms with E-state index in [2.05, 4.69) is 6.58 Å². The maximum absolute atomic E-state index is 12.8. The summed E-state index contributed by atoms with van der Waals surface area (Å²) in [4.78, 5) is 12.8. The second kappa shape index (κ2) is 4.59. The third-order valence-corrected chi connectivity index (χ3v) is 4.57. The van der Waals surface area contributed by atoms with Crippen LogP contribution in [0.3, 0.4) is 0 Å². The zero-order valence-corrected chi connectivity index (χ0v) is 12.3. The number of hydrogen-bond donors (Lipinski definition) is 0. The van der Waals surface area contributed by atoms with Crippen molar-refractivity contribution < 1.29 is 9.53 Å². The molecule has 1 aliphatic rings. The van der Waals surface area contributed by atoms with Gasteiger partial charge < -0.3 is 4.74 Å². The molecule has 0 atom stereocenters. The molecular formula is C19H18O2. The fourth-order valence-electron chi connectivity index (χ4n) is 3.28. The van der Waals surface area contributed by atoms with Crippen molar-refractivity contribution in [3.05, 3.63) is 84.1 Å². The van der Waals surface area contributed by atoms with E-state index in [1.54, 1.807) is 0 Å². The molecule has 0 saturated carbocycles. The quantitative estimate of drug-likeness (QED) is 0.774. The molecule has 0 unspecified atom stereocenters. The van der Waals surface area contributed by atoms with E-state index in [0.717, 1.165) is 11.1 Å². The van der Waals surface area contributed by atoms with E-state index in [9.17, 15) is 4.79 Å². The highest BCUT2D eigenvalue weighted by molar-refractivity contribution is 5.93. The Bertz CT molecular complexity index is 645. The normalized spacial score (nSPS) is 19.3. The molecule has 3 rings (SSSR count). The van der Waals surface area contributed by atoms with E-state index in [1.165, 1.54) is 0 Å². The minimum Gasteiger partial charge on any atom is -0.430 e.